The van der Waals surface area contributed by atoms with Crippen LogP contribution in [0.15, 0.2) is 41.8 Å². The molecule has 2 aromatic rings. The van der Waals surface area contributed by atoms with Gasteiger partial charge >= 0.3 is 0 Å². The van der Waals surface area contributed by atoms with Gasteiger partial charge < -0.3 is 15.1 Å². The van der Waals surface area contributed by atoms with E-state index >= 15 is 0 Å². The number of amides is 2. The molecule has 1 aromatic carbocycles. The topological polar surface area (TPSA) is 53.9 Å². The minimum atomic E-state index is -0.00655. The van der Waals surface area contributed by atoms with Gasteiger partial charge in [0.05, 0.1) is 18.0 Å². The Labute approximate surface area is 177 Å². The minimum absolute atomic E-state index is 0.00655. The van der Waals surface area contributed by atoms with Crippen molar-refractivity contribution in [2.75, 3.05) is 26.2 Å². The molecule has 1 aliphatic rings. The van der Waals surface area contributed by atoms with Gasteiger partial charge in [-0.25, -0.2) is 0 Å². The summed E-state index contributed by atoms with van der Waals surface area (Å²) in [7, 11) is 0. The molecule has 1 fully saturated rings. The summed E-state index contributed by atoms with van der Waals surface area (Å²) in [5, 5.41) is 5.00. The molecule has 5 nitrogen and oxygen atoms in total. The predicted molar refractivity (Wildman–Crippen MR) is 117 cm³/mol. The van der Waals surface area contributed by atoms with Crippen LogP contribution in [0.25, 0.3) is 0 Å². The van der Waals surface area contributed by atoms with E-state index in [-0.39, 0.29) is 17.7 Å². The van der Waals surface area contributed by atoms with Gasteiger partial charge in [0, 0.05) is 31.1 Å². The molecule has 2 heterocycles. The van der Waals surface area contributed by atoms with Crippen LogP contribution in [0.5, 0.6) is 0 Å². The number of carbonyl (C=O) groups is 2. The van der Waals surface area contributed by atoms with E-state index in [1.807, 2.05) is 22.4 Å². The van der Waals surface area contributed by atoms with E-state index in [4.69, 9.17) is 0 Å². The van der Waals surface area contributed by atoms with Gasteiger partial charge in [0.25, 0.3) is 5.91 Å². The molecule has 1 saturated heterocycles. The van der Waals surface area contributed by atoms with E-state index in [9.17, 15) is 9.59 Å². The number of nitrogens with one attached hydrogen (secondary N) is 2. The number of carbonyl (C=O) groups excluding carboxylic acids is 2. The summed E-state index contributed by atoms with van der Waals surface area (Å²) in [6.45, 7) is 9.59. The number of hydrogen-bond donors (Lipinski definition) is 2. The third kappa shape index (κ3) is 5.90. The second-order valence-electron chi connectivity index (χ2n) is 7.71. The van der Waals surface area contributed by atoms with Crippen molar-refractivity contribution in [1.82, 2.24) is 10.2 Å². The summed E-state index contributed by atoms with van der Waals surface area (Å²) in [6, 6.07) is 12.3. The molecule has 6 heteroatoms. The van der Waals surface area contributed by atoms with Crippen LogP contribution in [0, 0.1) is 5.92 Å². The zero-order valence-corrected chi connectivity index (χ0v) is 18.3. The first-order valence-electron chi connectivity index (χ1n) is 10.6. The van der Waals surface area contributed by atoms with E-state index < -0.39 is 0 Å². The largest absolute Gasteiger partial charge is 0.352 e. The van der Waals surface area contributed by atoms with Gasteiger partial charge in [-0.15, -0.1) is 11.3 Å². The van der Waals surface area contributed by atoms with Gasteiger partial charge in [0.15, 0.2) is 0 Å². The van der Waals surface area contributed by atoms with Crippen molar-refractivity contribution in [1.29, 1.82) is 0 Å². The van der Waals surface area contributed by atoms with Gasteiger partial charge in [-0.2, -0.15) is 0 Å². The van der Waals surface area contributed by atoms with E-state index in [0.717, 1.165) is 42.9 Å². The van der Waals surface area contributed by atoms with Crippen molar-refractivity contribution in [3.63, 3.8) is 0 Å². The third-order valence-corrected chi connectivity index (χ3v) is 6.69. The van der Waals surface area contributed by atoms with Crippen LogP contribution in [0.4, 0.5) is 0 Å². The number of benzene rings is 1. The summed E-state index contributed by atoms with van der Waals surface area (Å²) in [4.78, 5) is 29.2. The number of likely N-dealkylation sites (tertiary alicyclic amines) is 1. The first-order valence-corrected chi connectivity index (χ1v) is 11.5. The predicted octanol–water partition coefficient (Wildman–Crippen LogP) is 2.34. The monoisotopic (exact) mass is 414 g/mol. The van der Waals surface area contributed by atoms with E-state index in [2.05, 4.69) is 43.4 Å². The van der Waals surface area contributed by atoms with Crippen molar-refractivity contribution in [2.24, 2.45) is 5.92 Å². The summed E-state index contributed by atoms with van der Waals surface area (Å²) in [5.41, 5.74) is 2.46. The van der Waals surface area contributed by atoms with Crippen LogP contribution in [0.2, 0.25) is 0 Å². The Hall–Kier alpha value is -2.18. The molecule has 0 unspecified atom stereocenters. The Morgan fingerprint density at radius 2 is 1.72 bits per heavy atom. The van der Waals surface area contributed by atoms with E-state index in [0.29, 0.717) is 19.6 Å². The van der Waals surface area contributed by atoms with Crippen molar-refractivity contribution < 1.29 is 14.5 Å². The maximum Gasteiger partial charge on any atom is 0.263 e. The average Bonchev–Trinajstić information content (AvgIpc) is 3.31. The molecule has 0 radical (unpaired) electrons. The molecule has 0 bridgehead atoms. The lowest BCUT2D eigenvalue weighted by Crippen LogP contribution is -3.10. The molecule has 2 N–H and O–H groups in total. The van der Waals surface area contributed by atoms with Crippen LogP contribution in [0.1, 0.15) is 47.5 Å². The highest BCUT2D eigenvalue weighted by Gasteiger charge is 2.27. The third-order valence-electron chi connectivity index (χ3n) is 5.83. The molecule has 156 valence electrons. The summed E-state index contributed by atoms with van der Waals surface area (Å²) in [5.74, 6) is 0.184. The molecule has 0 aliphatic carbocycles. The van der Waals surface area contributed by atoms with Crippen molar-refractivity contribution in [3.8, 4) is 0 Å². The Balaban J connectivity index is 1.42. The molecule has 1 aliphatic heterocycles. The van der Waals surface area contributed by atoms with Gasteiger partial charge in [0.2, 0.25) is 5.91 Å². The molecule has 29 heavy (non-hydrogen) atoms. The number of hydrogen-bond acceptors (Lipinski definition) is 3. The number of quaternary nitrogens is 1. The molecule has 1 aromatic heterocycles. The van der Waals surface area contributed by atoms with Crippen molar-refractivity contribution in [2.45, 2.75) is 39.8 Å². The highest BCUT2D eigenvalue weighted by atomic mass is 32.1. The first kappa shape index (κ1) is 21.5. The fraction of sp³-hybridized carbons (Fsp3) is 0.478. The standard InChI is InChI=1S/C23H31N3O2S/c1-3-25(4-2)17-19-9-7-18(8-10-19)16-24-22(27)20-11-13-26(14-12-20)23(28)21-6-5-15-29-21/h5-10,15,20H,3-4,11-14,16-17H2,1-2H3,(H,24,27)/p+1. The number of rotatable bonds is 8. The van der Waals surface area contributed by atoms with Crippen LogP contribution >= 0.6 is 11.3 Å². The van der Waals surface area contributed by atoms with Gasteiger partial charge in [-0.3, -0.25) is 9.59 Å². The Bertz CT molecular complexity index is 777. The zero-order chi connectivity index (χ0) is 20.6. The van der Waals surface area contributed by atoms with Gasteiger partial charge in [-0.05, 0) is 43.7 Å². The number of nitrogens with zero attached hydrogens (tertiary/aromatic N) is 1. The number of piperidine rings is 1. The van der Waals surface area contributed by atoms with E-state index in [1.54, 1.807) is 4.90 Å². The summed E-state index contributed by atoms with van der Waals surface area (Å²) < 4.78 is 0. The highest BCUT2D eigenvalue weighted by Crippen LogP contribution is 2.21. The highest BCUT2D eigenvalue weighted by molar-refractivity contribution is 7.12. The molecular weight excluding hydrogens is 382 g/mol. The maximum atomic E-state index is 12.6. The van der Waals surface area contributed by atoms with Crippen molar-refractivity contribution in [3.05, 3.63) is 57.8 Å². The SMILES string of the molecule is CC[NH+](CC)Cc1ccc(CNC(=O)C2CCN(C(=O)c3cccs3)CC2)cc1. The van der Waals surface area contributed by atoms with Crippen LogP contribution in [-0.4, -0.2) is 42.9 Å². The second-order valence-corrected chi connectivity index (χ2v) is 8.66. The van der Waals surface area contributed by atoms with E-state index in [1.165, 1.54) is 16.9 Å². The fourth-order valence-corrected chi connectivity index (χ4v) is 4.49. The Morgan fingerprint density at radius 3 is 2.31 bits per heavy atom. The lowest BCUT2D eigenvalue weighted by atomic mass is 9.95. The average molecular weight is 415 g/mol. The van der Waals surface area contributed by atoms with Crippen LogP contribution in [0.3, 0.4) is 0 Å². The van der Waals surface area contributed by atoms with Crippen molar-refractivity contribution >= 4 is 23.2 Å². The Kier molecular flexibility index (Phi) is 7.83. The second kappa shape index (κ2) is 10.6. The molecule has 0 atom stereocenters. The normalized spacial score (nSPS) is 14.9. The van der Waals surface area contributed by atoms with Gasteiger partial charge in [0.1, 0.15) is 6.54 Å². The maximum absolute atomic E-state index is 12.6. The molecular formula is C23H32N3O2S+. The van der Waals surface area contributed by atoms with Gasteiger partial charge in [-0.1, -0.05) is 30.3 Å². The lowest BCUT2D eigenvalue weighted by molar-refractivity contribution is -0.910. The smallest absolute Gasteiger partial charge is 0.263 e. The minimum Gasteiger partial charge on any atom is -0.352 e. The number of thiophene rings is 1. The molecule has 0 saturated carbocycles. The molecule has 2 amide bonds. The van der Waals surface area contributed by atoms with Crippen LogP contribution < -0.4 is 10.2 Å². The van der Waals surface area contributed by atoms with Crippen LogP contribution in [-0.2, 0) is 17.9 Å². The molecule has 3 rings (SSSR count). The lowest BCUT2D eigenvalue weighted by Gasteiger charge is -2.31. The Morgan fingerprint density at radius 1 is 1.07 bits per heavy atom. The fourth-order valence-electron chi connectivity index (χ4n) is 3.80. The first-order chi connectivity index (χ1) is 14.1. The quantitative estimate of drug-likeness (QED) is 0.697. The zero-order valence-electron chi connectivity index (χ0n) is 17.4. The summed E-state index contributed by atoms with van der Waals surface area (Å²) >= 11 is 1.47. The molecule has 0 spiro atoms. The summed E-state index contributed by atoms with van der Waals surface area (Å²) in [6.07, 6.45) is 1.46.